The van der Waals surface area contributed by atoms with E-state index in [1.165, 1.54) is 0 Å². The zero-order chi connectivity index (χ0) is 17.8. The van der Waals surface area contributed by atoms with Crippen LogP contribution in [0.15, 0.2) is 4.99 Å². The Hall–Kier alpha value is -0.0900. The molecule has 1 aliphatic carbocycles. The van der Waals surface area contributed by atoms with Gasteiger partial charge < -0.3 is 15.0 Å². The van der Waals surface area contributed by atoms with Gasteiger partial charge in [-0.15, -0.1) is 24.0 Å². The zero-order valence-electron chi connectivity index (χ0n) is 15.9. The van der Waals surface area contributed by atoms with Crippen molar-refractivity contribution in [2.45, 2.75) is 57.9 Å². The van der Waals surface area contributed by atoms with Gasteiger partial charge >= 0.3 is 0 Å². The summed E-state index contributed by atoms with van der Waals surface area (Å²) in [4.78, 5) is 6.77. The van der Waals surface area contributed by atoms with E-state index < -0.39 is 14.6 Å². The van der Waals surface area contributed by atoms with Crippen LogP contribution >= 0.6 is 24.0 Å². The molecule has 0 amide bonds. The Balaban J connectivity index is 0.00000225. The summed E-state index contributed by atoms with van der Waals surface area (Å²) in [5, 5.41) is 3.65. The minimum atomic E-state index is -3.04. The van der Waals surface area contributed by atoms with Gasteiger partial charge in [-0.25, -0.2) is 8.42 Å². The largest absolute Gasteiger partial charge is 0.377 e. The van der Waals surface area contributed by atoms with E-state index in [0.29, 0.717) is 37.7 Å². The predicted octanol–water partition coefficient (Wildman–Crippen LogP) is 1.89. The van der Waals surface area contributed by atoms with Crippen molar-refractivity contribution in [3.8, 4) is 0 Å². The molecule has 0 aromatic rings. The zero-order valence-corrected chi connectivity index (χ0v) is 19.1. The quantitative estimate of drug-likeness (QED) is 0.368. The van der Waals surface area contributed by atoms with Gasteiger partial charge in [0.1, 0.15) is 0 Å². The molecule has 2 saturated heterocycles. The van der Waals surface area contributed by atoms with Crippen LogP contribution in [-0.2, 0) is 14.6 Å². The Morgan fingerprint density at radius 2 is 2.00 bits per heavy atom. The first-order valence-electron chi connectivity index (χ1n) is 9.00. The molecular weight excluding hydrogens is 453 g/mol. The first-order chi connectivity index (χ1) is 11.1. The van der Waals surface area contributed by atoms with E-state index in [4.69, 9.17) is 4.74 Å². The molecule has 0 spiro atoms. The third kappa shape index (κ3) is 3.54. The Bertz CT molecular complexity index is 633. The Kier molecular flexibility index (Phi) is 6.06. The van der Waals surface area contributed by atoms with Gasteiger partial charge in [-0.1, -0.05) is 13.8 Å². The highest BCUT2D eigenvalue weighted by Gasteiger charge is 2.60. The number of aliphatic imine (C=N–C) groups is 1. The molecule has 25 heavy (non-hydrogen) atoms. The minimum absolute atomic E-state index is 0. The number of fused-ring (bicyclic) bond motifs is 1. The van der Waals surface area contributed by atoms with E-state index in [0.717, 1.165) is 19.0 Å². The number of hydrogen-bond donors (Lipinski definition) is 1. The molecule has 2 heterocycles. The van der Waals surface area contributed by atoms with Crippen LogP contribution in [0.4, 0.5) is 0 Å². The van der Waals surface area contributed by atoms with E-state index in [1.807, 2.05) is 20.8 Å². The van der Waals surface area contributed by atoms with E-state index in [-0.39, 0.29) is 35.1 Å². The molecule has 3 fully saturated rings. The average molecular weight is 485 g/mol. The van der Waals surface area contributed by atoms with Crippen molar-refractivity contribution in [1.82, 2.24) is 10.2 Å². The monoisotopic (exact) mass is 485 g/mol. The fourth-order valence-electron chi connectivity index (χ4n) is 4.47. The Morgan fingerprint density at radius 3 is 2.60 bits per heavy atom. The van der Waals surface area contributed by atoms with Gasteiger partial charge in [0.2, 0.25) is 0 Å². The maximum absolute atomic E-state index is 12.3. The van der Waals surface area contributed by atoms with Crippen LogP contribution in [0.2, 0.25) is 0 Å². The normalized spacial score (nSPS) is 35.3. The molecule has 0 bridgehead atoms. The number of guanidine groups is 1. The fourth-order valence-corrected chi connectivity index (χ4v) is 5.83. The van der Waals surface area contributed by atoms with Crippen LogP contribution in [-0.4, -0.2) is 68.2 Å². The molecular formula is C17H32IN3O3S. The van der Waals surface area contributed by atoms with Crippen molar-refractivity contribution < 1.29 is 13.2 Å². The van der Waals surface area contributed by atoms with E-state index in [2.05, 4.69) is 29.1 Å². The molecule has 3 unspecified atom stereocenters. The van der Waals surface area contributed by atoms with E-state index in [9.17, 15) is 8.42 Å². The molecule has 1 N–H and O–H groups in total. The lowest BCUT2D eigenvalue weighted by molar-refractivity contribution is -0.107. The Morgan fingerprint density at radius 1 is 1.32 bits per heavy atom. The number of nitrogens with zero attached hydrogens (tertiary/aromatic N) is 2. The molecule has 0 aromatic heterocycles. The molecule has 3 atom stereocenters. The van der Waals surface area contributed by atoms with Crippen molar-refractivity contribution in [2.24, 2.45) is 16.3 Å². The lowest BCUT2D eigenvalue weighted by Gasteiger charge is -2.55. The highest BCUT2D eigenvalue weighted by Crippen LogP contribution is 2.52. The van der Waals surface area contributed by atoms with Crippen molar-refractivity contribution in [2.75, 3.05) is 32.0 Å². The summed E-state index contributed by atoms with van der Waals surface area (Å²) >= 11 is 0. The van der Waals surface area contributed by atoms with Crippen LogP contribution in [0.3, 0.4) is 0 Å². The SMILES string of the molecule is CCN=C(NC1C2CCOC2C1(C)C)N1CCS(=O)(=O)C(C)(C)C1.I. The Labute approximate surface area is 169 Å². The van der Waals surface area contributed by atoms with Gasteiger partial charge in [-0.05, 0) is 27.2 Å². The summed E-state index contributed by atoms with van der Waals surface area (Å²) in [6, 6.07) is 0.331. The molecule has 0 radical (unpaired) electrons. The van der Waals surface area contributed by atoms with Crippen molar-refractivity contribution >= 4 is 39.8 Å². The summed E-state index contributed by atoms with van der Waals surface area (Å²) in [6.07, 6.45) is 1.42. The third-order valence-corrected chi connectivity index (χ3v) is 8.57. The lowest BCUT2D eigenvalue weighted by atomic mass is 9.57. The van der Waals surface area contributed by atoms with Gasteiger partial charge in [0, 0.05) is 43.6 Å². The van der Waals surface area contributed by atoms with Gasteiger partial charge in [-0.2, -0.15) is 0 Å². The summed E-state index contributed by atoms with van der Waals surface area (Å²) < 4.78 is 29.7. The molecule has 3 aliphatic rings. The van der Waals surface area contributed by atoms with Crippen LogP contribution in [0.5, 0.6) is 0 Å². The van der Waals surface area contributed by atoms with Crippen LogP contribution in [0.1, 0.15) is 41.0 Å². The number of sulfone groups is 1. The molecule has 2 aliphatic heterocycles. The molecule has 8 heteroatoms. The summed E-state index contributed by atoms with van der Waals surface area (Å²) in [5.41, 5.74) is 0.0764. The highest BCUT2D eigenvalue weighted by atomic mass is 127. The van der Waals surface area contributed by atoms with Crippen molar-refractivity contribution in [3.05, 3.63) is 0 Å². The highest BCUT2D eigenvalue weighted by molar-refractivity contribution is 14.0. The van der Waals surface area contributed by atoms with Gasteiger partial charge in [0.25, 0.3) is 0 Å². The van der Waals surface area contributed by atoms with Crippen molar-refractivity contribution in [1.29, 1.82) is 0 Å². The van der Waals surface area contributed by atoms with Crippen LogP contribution in [0, 0.1) is 11.3 Å². The molecule has 6 nitrogen and oxygen atoms in total. The second-order valence-electron chi connectivity index (χ2n) is 8.49. The number of hydrogen-bond acceptors (Lipinski definition) is 4. The third-order valence-electron chi connectivity index (χ3n) is 6.04. The first kappa shape index (κ1) is 21.2. The summed E-state index contributed by atoms with van der Waals surface area (Å²) in [5.74, 6) is 1.57. The minimum Gasteiger partial charge on any atom is -0.377 e. The maximum Gasteiger partial charge on any atom is 0.194 e. The number of rotatable bonds is 2. The lowest BCUT2D eigenvalue weighted by Crippen LogP contribution is -2.69. The number of ether oxygens (including phenoxy) is 1. The van der Waals surface area contributed by atoms with E-state index in [1.54, 1.807) is 0 Å². The second-order valence-corrected chi connectivity index (χ2v) is 11.2. The molecule has 3 rings (SSSR count). The molecule has 146 valence electrons. The van der Waals surface area contributed by atoms with Gasteiger partial charge in [-0.3, -0.25) is 4.99 Å². The molecule has 1 saturated carbocycles. The topological polar surface area (TPSA) is 71.0 Å². The predicted molar refractivity (Wildman–Crippen MR) is 111 cm³/mol. The second kappa shape index (κ2) is 7.14. The average Bonchev–Trinajstić information content (AvgIpc) is 2.93. The van der Waals surface area contributed by atoms with Gasteiger partial charge in [0.15, 0.2) is 15.8 Å². The fraction of sp³-hybridized carbons (Fsp3) is 0.941. The number of halogens is 1. The number of nitrogens with one attached hydrogen (secondary N) is 1. The summed E-state index contributed by atoms with van der Waals surface area (Å²) in [6.45, 7) is 12.6. The van der Waals surface area contributed by atoms with E-state index >= 15 is 0 Å². The first-order valence-corrected chi connectivity index (χ1v) is 10.7. The standard InChI is InChI=1S/C17H31N3O3S.HI/c1-6-18-15(20-8-10-24(21,22)16(2,3)11-20)19-13-12-7-9-23-14(12)17(13,4)5;/h12-14H,6-11H2,1-5H3,(H,18,19);1H. The maximum atomic E-state index is 12.3. The van der Waals surface area contributed by atoms with Gasteiger partial charge in [0.05, 0.1) is 16.6 Å². The molecule has 0 aromatic carbocycles. The van der Waals surface area contributed by atoms with Crippen LogP contribution < -0.4 is 5.32 Å². The summed E-state index contributed by atoms with van der Waals surface area (Å²) in [7, 11) is -3.04. The van der Waals surface area contributed by atoms with Crippen molar-refractivity contribution in [3.63, 3.8) is 0 Å². The smallest absolute Gasteiger partial charge is 0.194 e. The van der Waals surface area contributed by atoms with Crippen LogP contribution in [0.25, 0.3) is 0 Å².